The zero-order chi connectivity index (χ0) is 50.9. The van der Waals surface area contributed by atoms with Crippen molar-refractivity contribution >= 4 is 46.2 Å². The van der Waals surface area contributed by atoms with Gasteiger partial charge in [0.2, 0.25) is 5.91 Å². The van der Waals surface area contributed by atoms with Crippen molar-refractivity contribution in [2.45, 2.75) is 110 Å². The summed E-state index contributed by atoms with van der Waals surface area (Å²) in [4.78, 5) is 58.3. The molecule has 0 radical (unpaired) electrons. The zero-order valence-electron chi connectivity index (χ0n) is 41.3. The molecule has 3 N–H and O–H groups in total. The Morgan fingerprint density at radius 1 is 0.972 bits per heavy atom. The number of benzene rings is 2. The van der Waals surface area contributed by atoms with Gasteiger partial charge in [-0.3, -0.25) is 24.2 Å². The number of hydrogen-bond donors (Lipinski definition) is 3. The molecule has 71 heavy (non-hydrogen) atoms. The first-order chi connectivity index (χ1) is 33.6. The maximum atomic E-state index is 14.8. The van der Waals surface area contributed by atoms with Crippen LogP contribution >= 0.6 is 0 Å². The number of aliphatic hydroxyl groups is 1. The highest BCUT2D eigenvalue weighted by Gasteiger charge is 2.50. The van der Waals surface area contributed by atoms with Crippen LogP contribution in [-0.4, -0.2) is 97.9 Å². The molecule has 18 heteroatoms. The summed E-state index contributed by atoms with van der Waals surface area (Å²) in [5.41, 5.74) is 3.62. The van der Waals surface area contributed by atoms with Gasteiger partial charge in [-0.2, -0.15) is 13.2 Å². The van der Waals surface area contributed by atoms with Crippen molar-refractivity contribution in [2.75, 3.05) is 58.1 Å². The van der Waals surface area contributed by atoms with Gasteiger partial charge in [0, 0.05) is 111 Å². The van der Waals surface area contributed by atoms with Gasteiger partial charge < -0.3 is 34.7 Å². The van der Waals surface area contributed by atoms with Crippen molar-refractivity contribution in [2.24, 2.45) is 12.5 Å². The molecule has 1 unspecified atom stereocenters. The van der Waals surface area contributed by atoms with Crippen molar-refractivity contribution in [3.8, 4) is 11.3 Å². The Balaban J connectivity index is 0.913. The van der Waals surface area contributed by atoms with Crippen LogP contribution in [0.1, 0.15) is 87.3 Å². The molecule has 376 valence electrons. The van der Waals surface area contributed by atoms with Gasteiger partial charge in [0.15, 0.2) is 5.82 Å². The first-order valence-corrected chi connectivity index (χ1v) is 24.3. The van der Waals surface area contributed by atoms with Crippen molar-refractivity contribution in [1.29, 1.82) is 0 Å². The molecule has 2 aromatic carbocycles. The lowest BCUT2D eigenvalue weighted by Gasteiger charge is -2.48. The third kappa shape index (κ3) is 9.20. The van der Waals surface area contributed by atoms with E-state index < -0.39 is 35.5 Å². The van der Waals surface area contributed by atoms with Crippen LogP contribution < -0.4 is 30.9 Å². The number of halogens is 4. The topological polar surface area (TPSA) is 144 Å². The number of amides is 2. The smallest absolute Gasteiger partial charge is 0.392 e. The van der Waals surface area contributed by atoms with Crippen molar-refractivity contribution in [3.05, 3.63) is 118 Å². The third-order valence-electron chi connectivity index (χ3n) is 15.1. The number of hydrogen-bond acceptors (Lipinski definition) is 10. The minimum Gasteiger partial charge on any atom is -0.392 e. The number of carbonyl (C=O) groups excluding carboxylic acids is 2. The number of carbonyl (C=O) groups is 2. The minimum absolute atomic E-state index is 0.00223. The largest absolute Gasteiger partial charge is 0.398 e. The Bertz CT molecular complexity index is 2980. The zero-order valence-corrected chi connectivity index (χ0v) is 41.3. The molecular formula is C53H62F4N10O4. The molecule has 9 rings (SSSR count). The summed E-state index contributed by atoms with van der Waals surface area (Å²) in [5.74, 6) is -1.15. The Hall–Kier alpha value is -6.53. The first-order valence-electron chi connectivity index (χ1n) is 24.3. The van der Waals surface area contributed by atoms with Crippen LogP contribution in [0.3, 0.4) is 0 Å². The van der Waals surface area contributed by atoms with E-state index in [1.54, 1.807) is 42.5 Å². The van der Waals surface area contributed by atoms with Gasteiger partial charge >= 0.3 is 6.18 Å². The molecule has 0 saturated carbocycles. The molecule has 3 aromatic heterocycles. The lowest BCUT2D eigenvalue weighted by Crippen LogP contribution is -2.58. The van der Waals surface area contributed by atoms with Gasteiger partial charge in [-0.15, -0.1) is 0 Å². The number of piperidine rings is 1. The fourth-order valence-electron chi connectivity index (χ4n) is 11.2. The molecule has 2 fully saturated rings. The Morgan fingerprint density at radius 2 is 1.75 bits per heavy atom. The van der Waals surface area contributed by atoms with Crippen LogP contribution in [0.15, 0.2) is 78.4 Å². The number of nitrogens with one attached hydrogen (secondary N) is 2. The number of piperazine rings is 1. The molecule has 3 atom stereocenters. The molecule has 14 nitrogen and oxygen atoms in total. The first kappa shape index (κ1) is 49.5. The second kappa shape index (κ2) is 18.6. The van der Waals surface area contributed by atoms with Crippen LogP contribution in [0.25, 0.3) is 11.3 Å². The fourth-order valence-corrected chi connectivity index (χ4v) is 11.2. The number of aryl methyl sites for hydroxylation is 1. The molecule has 3 aliphatic heterocycles. The molecule has 2 saturated heterocycles. The van der Waals surface area contributed by atoms with E-state index in [0.717, 1.165) is 57.8 Å². The van der Waals surface area contributed by atoms with Crippen LogP contribution in [-0.2, 0) is 43.3 Å². The Kier molecular flexibility index (Phi) is 12.9. The SMILES string of the molecule is C=CC(=O)Nc1cc(Nc2nc(-c3ccnc(N4CCn5c(cc6c5CC(C)(C)C6)C4=O)c3CO)cn(C)c2=O)ccc1N1CCN(C2CCN(c3ccc(F)c(C(C)(C)C(F)(F)F)c3)[C@@H](C)C2)C[C@@H]1C. The number of fused-ring (bicyclic) bond motifs is 3. The number of rotatable bonds is 11. The quantitative estimate of drug-likeness (QED) is 0.0874. The van der Waals surface area contributed by atoms with E-state index in [1.807, 2.05) is 18.2 Å². The molecule has 4 aliphatic rings. The molecule has 2 amide bonds. The van der Waals surface area contributed by atoms with E-state index in [0.29, 0.717) is 78.1 Å². The molecule has 6 heterocycles. The average Bonchev–Trinajstić information content (AvgIpc) is 3.82. The molecule has 0 spiro atoms. The van der Waals surface area contributed by atoms with E-state index in [2.05, 4.69) is 69.2 Å². The lowest BCUT2D eigenvalue weighted by atomic mass is 9.83. The summed E-state index contributed by atoms with van der Waals surface area (Å²) < 4.78 is 60.2. The molecular weight excluding hydrogens is 917 g/mol. The molecule has 5 aromatic rings. The van der Waals surface area contributed by atoms with E-state index in [-0.39, 0.29) is 40.8 Å². The maximum Gasteiger partial charge on any atom is 0.398 e. The summed E-state index contributed by atoms with van der Waals surface area (Å²) in [6, 6.07) is 13.4. The molecule has 0 bridgehead atoms. The van der Waals surface area contributed by atoms with Crippen LogP contribution in [0, 0.1) is 11.2 Å². The van der Waals surface area contributed by atoms with E-state index in [4.69, 9.17) is 4.98 Å². The summed E-state index contributed by atoms with van der Waals surface area (Å²) >= 11 is 0. The van der Waals surface area contributed by atoms with Crippen LogP contribution in [0.4, 0.5) is 51.9 Å². The highest BCUT2D eigenvalue weighted by molar-refractivity contribution is 6.06. The monoisotopic (exact) mass is 978 g/mol. The Morgan fingerprint density at radius 3 is 2.45 bits per heavy atom. The summed E-state index contributed by atoms with van der Waals surface area (Å²) in [6.07, 6.45) is 3.08. The van der Waals surface area contributed by atoms with Gasteiger partial charge in [0.25, 0.3) is 11.5 Å². The van der Waals surface area contributed by atoms with Gasteiger partial charge in [-0.25, -0.2) is 14.4 Å². The van der Waals surface area contributed by atoms with Crippen molar-refractivity contribution in [3.63, 3.8) is 0 Å². The number of anilines is 6. The highest BCUT2D eigenvalue weighted by Crippen LogP contribution is 2.44. The van der Waals surface area contributed by atoms with Gasteiger partial charge in [-0.05, 0) is 119 Å². The van der Waals surface area contributed by atoms with Crippen molar-refractivity contribution in [1.82, 2.24) is 24.0 Å². The summed E-state index contributed by atoms with van der Waals surface area (Å²) in [7, 11) is 1.61. The van der Waals surface area contributed by atoms with Crippen LogP contribution in [0.5, 0.6) is 0 Å². The maximum absolute atomic E-state index is 14.8. The number of pyridine rings is 1. The highest BCUT2D eigenvalue weighted by atomic mass is 19.4. The predicted molar refractivity (Wildman–Crippen MR) is 268 cm³/mol. The van der Waals surface area contributed by atoms with Crippen LogP contribution in [0.2, 0.25) is 0 Å². The lowest BCUT2D eigenvalue weighted by molar-refractivity contribution is -0.180. The van der Waals surface area contributed by atoms with Crippen molar-refractivity contribution < 1.29 is 32.3 Å². The van der Waals surface area contributed by atoms with Gasteiger partial charge in [-0.1, -0.05) is 20.4 Å². The fraction of sp³-hybridized carbons (Fsp3) is 0.453. The summed E-state index contributed by atoms with van der Waals surface area (Å²) in [6.45, 7) is 17.5. The number of aliphatic hydroxyl groups excluding tert-OH is 1. The second-order valence-corrected chi connectivity index (χ2v) is 20.9. The number of nitrogens with zero attached hydrogens (tertiary/aromatic N) is 8. The predicted octanol–water partition coefficient (Wildman–Crippen LogP) is 8.34. The summed E-state index contributed by atoms with van der Waals surface area (Å²) in [5, 5.41) is 17.0. The third-order valence-corrected chi connectivity index (χ3v) is 15.1. The van der Waals surface area contributed by atoms with E-state index >= 15 is 0 Å². The van der Waals surface area contributed by atoms with E-state index in [1.165, 1.54) is 28.0 Å². The van der Waals surface area contributed by atoms with Gasteiger partial charge in [0.1, 0.15) is 17.3 Å². The normalized spacial score (nSPS) is 20.5. The van der Waals surface area contributed by atoms with Gasteiger partial charge in [0.05, 0.1) is 29.1 Å². The number of aromatic nitrogens is 4. The average molecular weight is 979 g/mol. The number of alkyl halides is 3. The van der Waals surface area contributed by atoms with E-state index in [9.17, 15) is 37.1 Å². The Labute approximate surface area is 411 Å². The second-order valence-electron chi connectivity index (χ2n) is 20.9. The molecule has 1 aliphatic carbocycles. The standard InChI is InChI=1S/C53H62F4N10O4/c1-9-46(69)60-41-24-34(10-13-43(41)65-19-18-63(28-32(65)3)35-15-17-64(31(2)22-35)36-11-12-40(54)39(25-36)52(6,7)53(55,56)57)59-47-50(71)62(8)29-42(61-47)37-14-16-58-48(38(37)30-68)67-21-20-66-44(49(67)70)23-33-26-51(4,5)27-45(33)66/h9-14,16,23-25,29,31-32,35,68H,1,15,17-22,26-28,30H2,2-8H3,(H,59,61)(H,60,69)/t31-,32-,35?/m0/s1. The minimum atomic E-state index is -4.61.